The first-order chi connectivity index (χ1) is 18.7. The Bertz CT molecular complexity index is 1930. The Kier molecular flexibility index (Phi) is 5.68. The normalized spacial score (nSPS) is 11.3. The first-order valence-electron chi connectivity index (χ1n) is 12.8. The number of nitrogens with zero attached hydrogens (tertiary/aromatic N) is 1. The first-order valence-corrected chi connectivity index (χ1v) is 13.6. The van der Waals surface area contributed by atoms with Crippen molar-refractivity contribution in [2.45, 2.75) is 0 Å². The average Bonchev–Trinajstić information content (AvgIpc) is 3.31. The largest absolute Gasteiger partial charge is 0.309 e. The second-order valence-corrected chi connectivity index (χ2v) is 10.5. The van der Waals surface area contributed by atoms with E-state index < -0.39 is 0 Å². The van der Waals surface area contributed by atoms with Crippen LogP contribution in [0, 0.1) is 0 Å². The van der Waals surface area contributed by atoms with Gasteiger partial charge in [0, 0.05) is 20.9 Å². The first kappa shape index (κ1) is 22.8. The minimum atomic E-state index is 1.09. The Morgan fingerprint density at radius 2 is 0.895 bits per heavy atom. The van der Waals surface area contributed by atoms with E-state index in [1.54, 1.807) is 0 Å². The summed E-state index contributed by atoms with van der Waals surface area (Å²) in [6, 6.07) is 52.2. The lowest BCUT2D eigenvalue weighted by Gasteiger charge is -2.12. The fourth-order valence-corrected chi connectivity index (χ4v) is 5.80. The Morgan fingerprint density at radius 3 is 1.61 bits per heavy atom. The minimum absolute atomic E-state index is 1.09. The molecule has 0 radical (unpaired) electrons. The molecular formula is C36H24BrN. The van der Waals surface area contributed by atoms with Crippen molar-refractivity contribution in [2.24, 2.45) is 0 Å². The molecule has 0 aliphatic rings. The number of para-hydroxylation sites is 1. The average molecular weight is 550 g/mol. The highest BCUT2D eigenvalue weighted by Crippen LogP contribution is 2.35. The van der Waals surface area contributed by atoms with Crippen molar-refractivity contribution in [1.29, 1.82) is 0 Å². The van der Waals surface area contributed by atoms with E-state index in [1.165, 1.54) is 55.2 Å². The number of hydrogen-bond donors (Lipinski definition) is 0. The number of fused-ring (bicyclic) bond motifs is 3. The maximum Gasteiger partial charge on any atom is 0.0541 e. The lowest BCUT2D eigenvalue weighted by molar-refractivity contribution is 1.18. The van der Waals surface area contributed by atoms with Gasteiger partial charge in [-0.25, -0.2) is 0 Å². The summed E-state index contributed by atoms with van der Waals surface area (Å²) in [5.74, 6) is 0. The zero-order valence-electron chi connectivity index (χ0n) is 20.7. The molecule has 7 aromatic rings. The van der Waals surface area contributed by atoms with Crippen LogP contribution < -0.4 is 0 Å². The Morgan fingerprint density at radius 1 is 0.368 bits per heavy atom. The van der Waals surface area contributed by atoms with E-state index in [2.05, 4.69) is 166 Å². The predicted octanol–water partition coefficient (Wildman–Crippen LogP) is 10.5. The van der Waals surface area contributed by atoms with Gasteiger partial charge >= 0.3 is 0 Å². The van der Waals surface area contributed by atoms with Gasteiger partial charge in [-0.15, -0.1) is 0 Å². The Labute approximate surface area is 230 Å². The molecule has 0 fully saturated rings. The van der Waals surface area contributed by atoms with Gasteiger partial charge in [-0.2, -0.15) is 0 Å². The lowest BCUT2D eigenvalue weighted by Crippen LogP contribution is -1.94. The molecule has 0 aliphatic carbocycles. The molecule has 0 bridgehead atoms. The van der Waals surface area contributed by atoms with E-state index in [0.717, 1.165) is 10.2 Å². The van der Waals surface area contributed by atoms with Crippen molar-refractivity contribution < 1.29 is 0 Å². The summed E-state index contributed by atoms with van der Waals surface area (Å²) in [5, 5.41) is 2.51. The topological polar surface area (TPSA) is 4.93 Å². The smallest absolute Gasteiger partial charge is 0.0541 e. The van der Waals surface area contributed by atoms with E-state index in [-0.39, 0.29) is 0 Å². The molecule has 0 atom stereocenters. The zero-order valence-corrected chi connectivity index (χ0v) is 22.3. The van der Waals surface area contributed by atoms with Gasteiger partial charge in [-0.1, -0.05) is 113 Å². The SMILES string of the molecule is Brc1ccc2c(c1)c1ccccc1n2-c1cccc(-c2cccc(-c3cccc(-c4ccccc4)c3)c2)c1. The Hall–Kier alpha value is -4.40. The van der Waals surface area contributed by atoms with Gasteiger partial charge in [0.25, 0.3) is 0 Å². The van der Waals surface area contributed by atoms with Crippen LogP contribution in [-0.4, -0.2) is 4.57 Å². The second kappa shape index (κ2) is 9.48. The van der Waals surface area contributed by atoms with Crippen LogP contribution in [0.2, 0.25) is 0 Å². The van der Waals surface area contributed by atoms with Gasteiger partial charge in [-0.05, 0) is 81.9 Å². The summed E-state index contributed by atoms with van der Waals surface area (Å²) in [6.45, 7) is 0. The fourth-order valence-electron chi connectivity index (χ4n) is 5.44. The molecule has 180 valence electrons. The van der Waals surface area contributed by atoms with Gasteiger partial charge in [-0.3, -0.25) is 0 Å². The number of aromatic nitrogens is 1. The molecule has 7 rings (SSSR count). The summed E-state index contributed by atoms with van der Waals surface area (Å²) in [4.78, 5) is 0. The highest BCUT2D eigenvalue weighted by Gasteiger charge is 2.13. The molecule has 0 saturated heterocycles. The number of halogens is 1. The van der Waals surface area contributed by atoms with Crippen molar-refractivity contribution in [1.82, 2.24) is 4.57 Å². The van der Waals surface area contributed by atoms with Gasteiger partial charge in [0.15, 0.2) is 0 Å². The third-order valence-corrected chi connectivity index (χ3v) is 7.73. The summed E-state index contributed by atoms with van der Waals surface area (Å²) in [5.41, 5.74) is 10.9. The summed E-state index contributed by atoms with van der Waals surface area (Å²) < 4.78 is 3.46. The lowest BCUT2D eigenvalue weighted by atomic mass is 9.96. The van der Waals surface area contributed by atoms with Crippen LogP contribution >= 0.6 is 15.9 Å². The number of benzene rings is 6. The molecule has 1 heterocycles. The van der Waals surface area contributed by atoms with Crippen molar-refractivity contribution in [2.75, 3.05) is 0 Å². The molecule has 1 aromatic heterocycles. The molecule has 0 spiro atoms. The second-order valence-electron chi connectivity index (χ2n) is 9.59. The molecule has 6 aromatic carbocycles. The van der Waals surface area contributed by atoms with Crippen molar-refractivity contribution in [3.8, 4) is 39.1 Å². The molecule has 1 nitrogen and oxygen atoms in total. The van der Waals surface area contributed by atoms with Crippen LogP contribution in [0.4, 0.5) is 0 Å². The molecule has 0 saturated carbocycles. The fraction of sp³-hybridized carbons (Fsp3) is 0. The van der Waals surface area contributed by atoms with Crippen LogP contribution in [0.3, 0.4) is 0 Å². The quantitative estimate of drug-likeness (QED) is 0.205. The minimum Gasteiger partial charge on any atom is -0.309 e. The van der Waals surface area contributed by atoms with Crippen LogP contribution in [0.5, 0.6) is 0 Å². The van der Waals surface area contributed by atoms with Crippen molar-refractivity contribution >= 4 is 37.7 Å². The highest BCUT2D eigenvalue weighted by molar-refractivity contribution is 9.10. The maximum atomic E-state index is 3.66. The zero-order chi connectivity index (χ0) is 25.5. The molecule has 0 N–H and O–H groups in total. The van der Waals surface area contributed by atoms with Gasteiger partial charge in [0.2, 0.25) is 0 Å². The molecule has 0 amide bonds. The van der Waals surface area contributed by atoms with E-state index in [0.29, 0.717) is 0 Å². The van der Waals surface area contributed by atoms with E-state index in [1.807, 2.05) is 0 Å². The monoisotopic (exact) mass is 549 g/mol. The van der Waals surface area contributed by atoms with E-state index >= 15 is 0 Å². The van der Waals surface area contributed by atoms with E-state index in [4.69, 9.17) is 0 Å². The summed E-state index contributed by atoms with van der Waals surface area (Å²) >= 11 is 3.66. The highest BCUT2D eigenvalue weighted by atomic mass is 79.9. The van der Waals surface area contributed by atoms with Crippen molar-refractivity contribution in [3.05, 3.63) is 150 Å². The molecule has 2 heteroatoms. The maximum absolute atomic E-state index is 3.66. The summed E-state index contributed by atoms with van der Waals surface area (Å²) in [6.07, 6.45) is 0. The number of hydrogen-bond acceptors (Lipinski definition) is 0. The van der Waals surface area contributed by atoms with Crippen LogP contribution in [-0.2, 0) is 0 Å². The molecular weight excluding hydrogens is 526 g/mol. The number of rotatable bonds is 4. The van der Waals surface area contributed by atoms with Gasteiger partial charge < -0.3 is 4.57 Å². The Balaban J connectivity index is 1.32. The summed E-state index contributed by atoms with van der Waals surface area (Å²) in [7, 11) is 0. The van der Waals surface area contributed by atoms with Crippen LogP contribution in [0.1, 0.15) is 0 Å². The molecule has 0 aliphatic heterocycles. The van der Waals surface area contributed by atoms with Crippen LogP contribution in [0.25, 0.3) is 60.9 Å². The van der Waals surface area contributed by atoms with E-state index in [9.17, 15) is 0 Å². The standard InChI is InChI=1S/C36H24BrN/c37-31-19-20-36-34(24-31)33-17-4-5-18-35(33)38(36)32-16-8-15-30(23-32)29-14-7-13-28(22-29)27-12-6-11-26(21-27)25-9-2-1-3-10-25/h1-24H. The van der Waals surface area contributed by atoms with Crippen molar-refractivity contribution in [3.63, 3.8) is 0 Å². The predicted molar refractivity (Wildman–Crippen MR) is 165 cm³/mol. The van der Waals surface area contributed by atoms with Gasteiger partial charge in [0.1, 0.15) is 0 Å². The third kappa shape index (κ3) is 4.04. The third-order valence-electron chi connectivity index (χ3n) is 7.24. The van der Waals surface area contributed by atoms with Gasteiger partial charge in [0.05, 0.1) is 11.0 Å². The molecule has 38 heavy (non-hydrogen) atoms. The van der Waals surface area contributed by atoms with Crippen LogP contribution in [0.15, 0.2) is 150 Å². The molecule has 0 unspecified atom stereocenters.